The number of nitrogens with one attached hydrogen (secondary N) is 1. The number of hydrogen-bond donors (Lipinski definition) is 2. The van der Waals surface area contributed by atoms with Crippen molar-refractivity contribution in [1.29, 1.82) is 0 Å². The van der Waals surface area contributed by atoms with Gasteiger partial charge in [-0.3, -0.25) is 9.79 Å². The van der Waals surface area contributed by atoms with Crippen LogP contribution in [0.2, 0.25) is 5.02 Å². The van der Waals surface area contributed by atoms with E-state index in [0.717, 1.165) is 11.1 Å². The maximum atomic E-state index is 12.0. The zero-order valence-electron chi connectivity index (χ0n) is 11.3. The summed E-state index contributed by atoms with van der Waals surface area (Å²) in [7, 11) is 0. The molecule has 0 saturated heterocycles. The highest BCUT2D eigenvalue weighted by Crippen LogP contribution is 2.27. The van der Waals surface area contributed by atoms with Crippen molar-refractivity contribution in [3.05, 3.63) is 58.6 Å². The third-order valence-corrected chi connectivity index (χ3v) is 3.57. The molecule has 4 nitrogen and oxygen atoms in total. The first-order valence-electron chi connectivity index (χ1n) is 6.52. The van der Waals surface area contributed by atoms with E-state index < -0.39 is 6.04 Å². The van der Waals surface area contributed by atoms with Gasteiger partial charge in [0.25, 0.3) is 0 Å². The monoisotopic (exact) mass is 300 g/mol. The SMILES string of the molecule is CC1N=C(c2ccc(O)cc2)c2cc(Cl)ccc2NC1=O. The van der Waals surface area contributed by atoms with Gasteiger partial charge in [-0.25, -0.2) is 0 Å². The van der Waals surface area contributed by atoms with Crippen molar-refractivity contribution >= 4 is 28.9 Å². The van der Waals surface area contributed by atoms with Crippen LogP contribution < -0.4 is 5.32 Å². The minimum Gasteiger partial charge on any atom is -0.508 e. The van der Waals surface area contributed by atoms with E-state index in [9.17, 15) is 9.90 Å². The Morgan fingerprint density at radius 1 is 1.19 bits per heavy atom. The third-order valence-electron chi connectivity index (χ3n) is 3.34. The summed E-state index contributed by atoms with van der Waals surface area (Å²) >= 11 is 6.07. The molecule has 0 fully saturated rings. The Bertz CT molecular complexity index is 738. The summed E-state index contributed by atoms with van der Waals surface area (Å²) in [6.07, 6.45) is 0. The Morgan fingerprint density at radius 2 is 1.90 bits per heavy atom. The maximum Gasteiger partial charge on any atom is 0.248 e. The molecule has 3 rings (SSSR count). The highest BCUT2D eigenvalue weighted by molar-refractivity contribution is 6.32. The van der Waals surface area contributed by atoms with Gasteiger partial charge in [-0.2, -0.15) is 0 Å². The molecule has 1 aliphatic rings. The van der Waals surface area contributed by atoms with Gasteiger partial charge < -0.3 is 10.4 Å². The van der Waals surface area contributed by atoms with Crippen molar-refractivity contribution in [2.24, 2.45) is 4.99 Å². The molecular weight excluding hydrogens is 288 g/mol. The van der Waals surface area contributed by atoms with Crippen molar-refractivity contribution < 1.29 is 9.90 Å². The van der Waals surface area contributed by atoms with Crippen LogP contribution in [0.25, 0.3) is 0 Å². The predicted molar refractivity (Wildman–Crippen MR) is 83.3 cm³/mol. The normalized spacial score (nSPS) is 17.5. The Kier molecular flexibility index (Phi) is 3.39. The molecule has 0 aromatic heterocycles. The van der Waals surface area contributed by atoms with Gasteiger partial charge in [-0.15, -0.1) is 0 Å². The molecule has 2 N–H and O–H groups in total. The first-order valence-corrected chi connectivity index (χ1v) is 6.90. The van der Waals surface area contributed by atoms with Crippen molar-refractivity contribution in [3.63, 3.8) is 0 Å². The Labute approximate surface area is 127 Å². The van der Waals surface area contributed by atoms with Crippen LogP contribution in [0.15, 0.2) is 47.5 Å². The number of fused-ring (bicyclic) bond motifs is 1. The fraction of sp³-hybridized carbons (Fsp3) is 0.125. The number of hydrogen-bond acceptors (Lipinski definition) is 3. The summed E-state index contributed by atoms with van der Waals surface area (Å²) in [6.45, 7) is 1.74. The zero-order chi connectivity index (χ0) is 15.0. The number of rotatable bonds is 1. The molecule has 0 radical (unpaired) electrons. The lowest BCUT2D eigenvalue weighted by molar-refractivity contribution is -0.116. The molecule has 2 aromatic rings. The Hall–Kier alpha value is -2.33. The minimum atomic E-state index is -0.500. The summed E-state index contributed by atoms with van der Waals surface area (Å²) in [6, 6.07) is 11.5. The van der Waals surface area contributed by atoms with Crippen molar-refractivity contribution in [3.8, 4) is 5.75 Å². The molecule has 1 amide bonds. The minimum absolute atomic E-state index is 0.160. The van der Waals surface area contributed by atoms with Crippen LogP contribution in [0.3, 0.4) is 0 Å². The van der Waals surface area contributed by atoms with Gasteiger partial charge in [0.2, 0.25) is 5.91 Å². The van der Waals surface area contributed by atoms with Crippen LogP contribution in [0.5, 0.6) is 5.75 Å². The molecule has 1 atom stereocenters. The van der Waals surface area contributed by atoms with Crippen LogP contribution in [0.1, 0.15) is 18.1 Å². The summed E-state index contributed by atoms with van der Waals surface area (Å²) < 4.78 is 0. The standard InChI is InChI=1S/C16H13ClN2O2/c1-9-16(21)19-14-7-4-11(17)8-13(14)15(18-9)10-2-5-12(20)6-3-10/h2-9,20H,1H3,(H,19,21). The number of anilines is 1. The molecular formula is C16H13ClN2O2. The van der Waals surface area contributed by atoms with Crippen LogP contribution in [0, 0.1) is 0 Å². The van der Waals surface area contributed by atoms with Gasteiger partial charge in [0.15, 0.2) is 0 Å². The maximum absolute atomic E-state index is 12.0. The molecule has 0 aliphatic carbocycles. The number of amides is 1. The van der Waals surface area contributed by atoms with E-state index in [1.165, 1.54) is 0 Å². The van der Waals surface area contributed by atoms with Crippen molar-refractivity contribution in [1.82, 2.24) is 0 Å². The highest BCUT2D eigenvalue weighted by atomic mass is 35.5. The first kappa shape index (κ1) is 13.6. The van der Waals surface area contributed by atoms with E-state index in [1.807, 2.05) is 0 Å². The summed E-state index contributed by atoms with van der Waals surface area (Å²) in [5.41, 5.74) is 2.95. The number of phenolic OH excluding ortho intramolecular Hbond substituents is 1. The van der Waals surface area contributed by atoms with E-state index in [-0.39, 0.29) is 11.7 Å². The number of carbonyl (C=O) groups is 1. The van der Waals surface area contributed by atoms with Crippen LogP contribution in [0.4, 0.5) is 5.69 Å². The fourth-order valence-electron chi connectivity index (χ4n) is 2.23. The molecule has 2 aromatic carbocycles. The number of benzene rings is 2. The Balaban J connectivity index is 2.21. The fourth-order valence-corrected chi connectivity index (χ4v) is 2.40. The number of carbonyl (C=O) groups excluding carboxylic acids is 1. The van der Waals surface area contributed by atoms with Gasteiger partial charge >= 0.3 is 0 Å². The van der Waals surface area contributed by atoms with Crippen LogP contribution in [-0.2, 0) is 4.79 Å². The number of halogens is 1. The molecule has 106 valence electrons. The van der Waals surface area contributed by atoms with Crippen LogP contribution >= 0.6 is 11.6 Å². The second kappa shape index (κ2) is 5.22. The van der Waals surface area contributed by atoms with Gasteiger partial charge in [0.05, 0.1) is 11.4 Å². The van der Waals surface area contributed by atoms with Crippen LogP contribution in [-0.4, -0.2) is 22.8 Å². The van der Waals surface area contributed by atoms with E-state index in [1.54, 1.807) is 49.4 Å². The lowest BCUT2D eigenvalue weighted by atomic mass is 10.0. The molecule has 0 spiro atoms. The van der Waals surface area contributed by atoms with Crippen molar-refractivity contribution in [2.45, 2.75) is 13.0 Å². The molecule has 1 heterocycles. The second-order valence-electron chi connectivity index (χ2n) is 4.88. The van der Waals surface area contributed by atoms with Crippen molar-refractivity contribution in [2.75, 3.05) is 5.32 Å². The molecule has 0 saturated carbocycles. The average Bonchev–Trinajstić information content (AvgIpc) is 2.58. The third kappa shape index (κ3) is 2.62. The lowest BCUT2D eigenvalue weighted by Gasteiger charge is -2.10. The second-order valence-corrected chi connectivity index (χ2v) is 5.32. The predicted octanol–water partition coefficient (Wildman–Crippen LogP) is 3.22. The first-order chi connectivity index (χ1) is 10.0. The van der Waals surface area contributed by atoms with E-state index in [4.69, 9.17) is 11.6 Å². The van der Waals surface area contributed by atoms with Gasteiger partial charge in [-0.05, 0) is 49.4 Å². The van der Waals surface area contributed by atoms with Gasteiger partial charge in [0.1, 0.15) is 11.8 Å². The van der Waals surface area contributed by atoms with Gasteiger partial charge in [-0.1, -0.05) is 11.6 Å². The zero-order valence-corrected chi connectivity index (χ0v) is 12.1. The number of aliphatic imine (C=N–C) groups is 1. The number of phenols is 1. The quantitative estimate of drug-likeness (QED) is 0.849. The molecule has 21 heavy (non-hydrogen) atoms. The summed E-state index contributed by atoms with van der Waals surface area (Å²) in [5.74, 6) is 0.0221. The molecule has 5 heteroatoms. The summed E-state index contributed by atoms with van der Waals surface area (Å²) in [4.78, 5) is 16.5. The highest BCUT2D eigenvalue weighted by Gasteiger charge is 2.22. The average molecular weight is 301 g/mol. The lowest BCUT2D eigenvalue weighted by Crippen LogP contribution is -2.22. The largest absolute Gasteiger partial charge is 0.508 e. The smallest absolute Gasteiger partial charge is 0.248 e. The molecule has 1 unspecified atom stereocenters. The van der Waals surface area contributed by atoms with E-state index in [2.05, 4.69) is 10.3 Å². The van der Waals surface area contributed by atoms with E-state index >= 15 is 0 Å². The molecule has 0 bridgehead atoms. The Morgan fingerprint density at radius 3 is 2.62 bits per heavy atom. The topological polar surface area (TPSA) is 61.7 Å². The molecule has 1 aliphatic heterocycles. The van der Waals surface area contributed by atoms with Gasteiger partial charge in [0, 0.05) is 16.1 Å². The number of nitrogens with zero attached hydrogens (tertiary/aromatic N) is 1. The summed E-state index contributed by atoms with van der Waals surface area (Å²) in [5, 5.41) is 12.8. The number of aromatic hydroxyl groups is 1. The van der Waals surface area contributed by atoms with E-state index in [0.29, 0.717) is 16.4 Å². The number of benzodiazepines with no additional fused rings is 1.